The number of methoxy groups -OCH3 is 1. The van der Waals surface area contributed by atoms with E-state index < -0.39 is 0 Å². The van der Waals surface area contributed by atoms with Crippen molar-refractivity contribution < 1.29 is 4.74 Å². The second-order valence-corrected chi connectivity index (χ2v) is 5.93. The number of benzene rings is 2. The van der Waals surface area contributed by atoms with Crippen LogP contribution in [0.3, 0.4) is 0 Å². The van der Waals surface area contributed by atoms with Gasteiger partial charge in [-0.25, -0.2) is 0 Å². The molecule has 6 heteroatoms. The third kappa shape index (κ3) is 3.11. The van der Waals surface area contributed by atoms with E-state index >= 15 is 0 Å². The number of halogens is 1. The van der Waals surface area contributed by atoms with E-state index in [9.17, 15) is 4.79 Å². The van der Waals surface area contributed by atoms with Gasteiger partial charge >= 0.3 is 4.87 Å². The van der Waals surface area contributed by atoms with Gasteiger partial charge in [0.05, 0.1) is 6.61 Å². The van der Waals surface area contributed by atoms with Crippen molar-refractivity contribution in [1.29, 1.82) is 0 Å². The van der Waals surface area contributed by atoms with Crippen LogP contribution in [0.15, 0.2) is 47.3 Å². The minimum Gasteiger partial charge on any atom is -0.380 e. The molecule has 3 aromatic rings. The maximum absolute atomic E-state index is 11.3. The lowest BCUT2D eigenvalue weighted by Gasteiger charge is -2.11. The number of rotatable bonds is 4. The molecule has 0 aliphatic heterocycles. The van der Waals surface area contributed by atoms with Crippen LogP contribution in [0, 0.1) is 0 Å². The van der Waals surface area contributed by atoms with Crippen LogP contribution in [0.2, 0.25) is 5.02 Å². The molecule has 0 bridgehead atoms. The van der Waals surface area contributed by atoms with E-state index in [2.05, 4.69) is 9.36 Å². The number of nitrogens with one attached hydrogen (secondary N) is 1. The molecule has 22 heavy (non-hydrogen) atoms. The van der Waals surface area contributed by atoms with Gasteiger partial charge in [-0.3, -0.25) is 9.78 Å². The Balaban J connectivity index is 2.07. The first-order valence-corrected chi connectivity index (χ1v) is 7.76. The van der Waals surface area contributed by atoms with Crippen molar-refractivity contribution in [1.82, 2.24) is 9.36 Å². The number of nitrogens with zero attached hydrogens (tertiary/aromatic N) is 1. The first-order chi connectivity index (χ1) is 10.7. The van der Waals surface area contributed by atoms with Crippen molar-refractivity contribution in [2.45, 2.75) is 6.61 Å². The molecule has 0 fully saturated rings. The summed E-state index contributed by atoms with van der Waals surface area (Å²) in [5.41, 5.74) is 4.02. The zero-order valence-electron chi connectivity index (χ0n) is 11.8. The number of hydrogen-bond donors (Lipinski definition) is 1. The fourth-order valence-electron chi connectivity index (χ4n) is 2.28. The normalized spacial score (nSPS) is 10.8. The molecule has 0 spiro atoms. The maximum Gasteiger partial charge on any atom is 0.323 e. The fourth-order valence-corrected chi connectivity index (χ4v) is 2.87. The fraction of sp³-hybridized carbons (Fsp3) is 0.125. The van der Waals surface area contributed by atoms with Gasteiger partial charge in [-0.2, -0.15) is 4.37 Å². The molecule has 2 aromatic carbocycles. The van der Waals surface area contributed by atoms with Crippen LogP contribution in [0.4, 0.5) is 0 Å². The summed E-state index contributed by atoms with van der Waals surface area (Å²) in [6.07, 6.45) is 0. The van der Waals surface area contributed by atoms with Crippen LogP contribution in [0.5, 0.6) is 0 Å². The molecule has 0 amide bonds. The van der Waals surface area contributed by atoms with Gasteiger partial charge in [0.15, 0.2) is 5.82 Å². The predicted octanol–water partition coefficient (Wildman–Crippen LogP) is 3.97. The number of H-pyrrole nitrogens is 1. The summed E-state index contributed by atoms with van der Waals surface area (Å²) in [6.45, 7) is 0.472. The molecule has 4 nitrogen and oxygen atoms in total. The van der Waals surface area contributed by atoms with Gasteiger partial charge < -0.3 is 4.74 Å². The molecule has 0 saturated heterocycles. The Bertz CT molecular complexity index is 840. The SMILES string of the molecule is COCc1cc(-c2nsc(=O)[nH]2)ccc1-c1ccc(Cl)cc1. The van der Waals surface area contributed by atoms with E-state index in [0.717, 1.165) is 33.8 Å². The third-order valence-electron chi connectivity index (χ3n) is 3.27. The molecule has 1 N–H and O–H groups in total. The van der Waals surface area contributed by atoms with Crippen molar-refractivity contribution >= 4 is 23.1 Å². The second-order valence-electron chi connectivity index (χ2n) is 4.76. The molecule has 0 atom stereocenters. The van der Waals surface area contributed by atoms with Gasteiger partial charge in [0, 0.05) is 29.2 Å². The monoisotopic (exact) mass is 332 g/mol. The number of hydrogen-bond acceptors (Lipinski definition) is 4. The highest BCUT2D eigenvalue weighted by molar-refractivity contribution is 7.03. The van der Waals surface area contributed by atoms with Crippen LogP contribution in [0.1, 0.15) is 5.56 Å². The average molecular weight is 333 g/mol. The van der Waals surface area contributed by atoms with E-state index in [1.54, 1.807) is 7.11 Å². The molecule has 0 unspecified atom stereocenters. The van der Waals surface area contributed by atoms with Gasteiger partial charge in [0.2, 0.25) is 0 Å². The van der Waals surface area contributed by atoms with E-state index in [0.29, 0.717) is 17.5 Å². The quantitative estimate of drug-likeness (QED) is 0.786. The van der Waals surface area contributed by atoms with Crippen molar-refractivity contribution in [3.8, 4) is 22.5 Å². The molecule has 0 radical (unpaired) electrons. The van der Waals surface area contributed by atoms with Crippen molar-refractivity contribution in [3.63, 3.8) is 0 Å². The van der Waals surface area contributed by atoms with Crippen LogP contribution in [0.25, 0.3) is 22.5 Å². The third-order valence-corrected chi connectivity index (χ3v) is 4.07. The minimum atomic E-state index is -0.162. The number of aromatic amines is 1. The molecular formula is C16H13ClN2O2S. The molecule has 0 aliphatic rings. The lowest BCUT2D eigenvalue weighted by molar-refractivity contribution is 0.185. The Morgan fingerprint density at radius 1 is 1.18 bits per heavy atom. The molecule has 0 aliphatic carbocycles. The Kier molecular flexibility index (Phi) is 4.38. The predicted molar refractivity (Wildman–Crippen MR) is 89.3 cm³/mol. The first-order valence-electron chi connectivity index (χ1n) is 6.61. The summed E-state index contributed by atoms with van der Waals surface area (Å²) < 4.78 is 9.41. The summed E-state index contributed by atoms with van der Waals surface area (Å²) in [5, 5.41) is 0.703. The second kappa shape index (κ2) is 6.44. The maximum atomic E-state index is 11.3. The summed E-state index contributed by atoms with van der Waals surface area (Å²) in [6, 6.07) is 13.6. The zero-order chi connectivity index (χ0) is 15.5. The molecule has 0 saturated carbocycles. The highest BCUT2D eigenvalue weighted by Crippen LogP contribution is 2.29. The zero-order valence-corrected chi connectivity index (χ0v) is 13.4. The van der Waals surface area contributed by atoms with Gasteiger partial charge in [-0.1, -0.05) is 35.9 Å². The highest BCUT2D eigenvalue weighted by Gasteiger charge is 2.10. The van der Waals surface area contributed by atoms with Crippen LogP contribution in [-0.2, 0) is 11.3 Å². The number of ether oxygens (including phenoxy) is 1. The lowest BCUT2D eigenvalue weighted by Crippen LogP contribution is -1.96. The van der Waals surface area contributed by atoms with Gasteiger partial charge in [-0.05, 0) is 34.9 Å². The molecule has 1 heterocycles. The van der Waals surface area contributed by atoms with E-state index in [4.69, 9.17) is 16.3 Å². The minimum absolute atomic E-state index is 0.162. The lowest BCUT2D eigenvalue weighted by atomic mass is 9.97. The average Bonchev–Trinajstić information content (AvgIpc) is 2.95. The summed E-state index contributed by atoms with van der Waals surface area (Å²) >= 11 is 6.86. The summed E-state index contributed by atoms with van der Waals surface area (Å²) in [7, 11) is 1.66. The standard InChI is InChI=1S/C16H13ClN2O2S/c1-21-9-12-8-11(15-18-16(20)22-19-15)4-7-14(12)10-2-5-13(17)6-3-10/h2-8H,9H2,1H3,(H,18,19,20). The van der Waals surface area contributed by atoms with Crippen molar-refractivity contribution in [2.75, 3.05) is 7.11 Å². The van der Waals surface area contributed by atoms with Gasteiger partial charge in [0.25, 0.3) is 0 Å². The molecule has 112 valence electrons. The smallest absolute Gasteiger partial charge is 0.323 e. The summed E-state index contributed by atoms with van der Waals surface area (Å²) in [4.78, 5) is 13.8. The Labute approximate surface area is 136 Å². The Morgan fingerprint density at radius 2 is 1.91 bits per heavy atom. The van der Waals surface area contributed by atoms with Crippen molar-refractivity contribution in [2.24, 2.45) is 0 Å². The Morgan fingerprint density at radius 3 is 2.55 bits per heavy atom. The van der Waals surface area contributed by atoms with Crippen LogP contribution < -0.4 is 4.87 Å². The number of aromatic nitrogens is 2. The van der Waals surface area contributed by atoms with Gasteiger partial charge in [0.1, 0.15) is 0 Å². The Hall–Kier alpha value is -1.95. The first kappa shape index (κ1) is 15.0. The summed E-state index contributed by atoms with van der Waals surface area (Å²) in [5.74, 6) is 0.579. The largest absolute Gasteiger partial charge is 0.380 e. The van der Waals surface area contributed by atoms with Crippen LogP contribution >= 0.6 is 23.1 Å². The van der Waals surface area contributed by atoms with Crippen molar-refractivity contribution in [3.05, 3.63) is 62.7 Å². The molecule has 1 aromatic heterocycles. The molecular weight excluding hydrogens is 320 g/mol. The van der Waals surface area contributed by atoms with E-state index in [1.807, 2.05) is 42.5 Å². The van der Waals surface area contributed by atoms with E-state index in [-0.39, 0.29) is 4.87 Å². The van der Waals surface area contributed by atoms with E-state index in [1.165, 1.54) is 0 Å². The molecule has 3 rings (SSSR count). The van der Waals surface area contributed by atoms with Crippen LogP contribution in [-0.4, -0.2) is 16.5 Å². The van der Waals surface area contributed by atoms with Gasteiger partial charge in [-0.15, -0.1) is 0 Å². The topological polar surface area (TPSA) is 55.0 Å². The highest BCUT2D eigenvalue weighted by atomic mass is 35.5.